The average Bonchev–Trinajstić information content (AvgIpc) is 2.92. The number of carbonyl (C=O) groups excluding carboxylic acids is 3. The standard InChI is InChI=1S/C24H27NO4/c1-24(2,3)17-12-14-18(15-13-17)29-21(26)11-5-4-8-16-25-22(27)19-9-6-7-10-20(19)23(25)28/h6-7,9-10,12-15H,4-5,8,11,16H2,1-3H3. The molecule has 0 radical (unpaired) electrons. The van der Waals surface area contributed by atoms with Gasteiger partial charge in [-0.25, -0.2) is 0 Å². The van der Waals surface area contributed by atoms with Crippen molar-refractivity contribution in [2.75, 3.05) is 6.54 Å². The molecule has 5 heteroatoms. The van der Waals surface area contributed by atoms with Gasteiger partial charge in [0.05, 0.1) is 11.1 Å². The van der Waals surface area contributed by atoms with Gasteiger partial charge in [-0.2, -0.15) is 0 Å². The topological polar surface area (TPSA) is 63.7 Å². The largest absolute Gasteiger partial charge is 0.427 e. The third-order valence-electron chi connectivity index (χ3n) is 5.09. The molecule has 0 atom stereocenters. The van der Waals surface area contributed by atoms with Crippen LogP contribution < -0.4 is 4.74 Å². The lowest BCUT2D eigenvalue weighted by Crippen LogP contribution is -2.30. The predicted molar refractivity (Wildman–Crippen MR) is 111 cm³/mol. The lowest BCUT2D eigenvalue weighted by molar-refractivity contribution is -0.134. The van der Waals surface area contributed by atoms with E-state index in [1.807, 2.05) is 24.3 Å². The lowest BCUT2D eigenvalue weighted by Gasteiger charge is -2.19. The Morgan fingerprint density at radius 2 is 1.45 bits per heavy atom. The maximum atomic E-state index is 12.3. The molecule has 1 heterocycles. The number of ether oxygens (including phenoxy) is 1. The number of carbonyl (C=O) groups is 3. The minimum atomic E-state index is -0.269. The second-order valence-electron chi connectivity index (χ2n) is 8.37. The van der Waals surface area contributed by atoms with Crippen LogP contribution in [0.5, 0.6) is 5.75 Å². The van der Waals surface area contributed by atoms with Crippen molar-refractivity contribution in [2.24, 2.45) is 0 Å². The number of unbranched alkanes of at least 4 members (excludes halogenated alkanes) is 2. The predicted octanol–water partition coefficient (Wildman–Crippen LogP) is 4.75. The third kappa shape index (κ3) is 4.91. The summed E-state index contributed by atoms with van der Waals surface area (Å²) in [6, 6.07) is 14.5. The molecule has 0 fully saturated rings. The number of rotatable bonds is 7. The number of nitrogens with zero attached hydrogens (tertiary/aromatic N) is 1. The Kier molecular flexibility index (Phi) is 6.16. The van der Waals surface area contributed by atoms with E-state index in [0.717, 1.165) is 6.42 Å². The molecular formula is C24H27NO4. The maximum Gasteiger partial charge on any atom is 0.311 e. The first-order valence-electron chi connectivity index (χ1n) is 10.0. The second-order valence-corrected chi connectivity index (χ2v) is 8.37. The summed E-state index contributed by atoms with van der Waals surface area (Å²) in [5.41, 5.74) is 2.18. The van der Waals surface area contributed by atoms with Crippen LogP contribution in [-0.2, 0) is 10.2 Å². The summed E-state index contributed by atoms with van der Waals surface area (Å²) >= 11 is 0. The number of fused-ring (bicyclic) bond motifs is 1. The third-order valence-corrected chi connectivity index (χ3v) is 5.09. The molecule has 0 bridgehead atoms. The molecule has 0 spiro atoms. The molecule has 152 valence electrons. The van der Waals surface area contributed by atoms with Crippen molar-refractivity contribution in [2.45, 2.75) is 51.9 Å². The first-order chi connectivity index (χ1) is 13.8. The van der Waals surface area contributed by atoms with E-state index >= 15 is 0 Å². The molecular weight excluding hydrogens is 366 g/mol. The number of benzene rings is 2. The van der Waals surface area contributed by atoms with Crippen LogP contribution in [-0.4, -0.2) is 29.2 Å². The SMILES string of the molecule is CC(C)(C)c1ccc(OC(=O)CCCCCN2C(=O)c3ccccc3C2=O)cc1. The van der Waals surface area contributed by atoms with Crippen molar-refractivity contribution in [3.63, 3.8) is 0 Å². The van der Waals surface area contributed by atoms with E-state index in [1.54, 1.807) is 24.3 Å². The molecule has 0 unspecified atom stereocenters. The van der Waals surface area contributed by atoms with E-state index in [0.29, 0.717) is 42.7 Å². The van der Waals surface area contributed by atoms with Gasteiger partial charge in [-0.15, -0.1) is 0 Å². The molecule has 0 N–H and O–H groups in total. The van der Waals surface area contributed by atoms with Gasteiger partial charge in [0.2, 0.25) is 0 Å². The van der Waals surface area contributed by atoms with Crippen molar-refractivity contribution in [1.82, 2.24) is 4.90 Å². The number of hydrogen-bond donors (Lipinski definition) is 0. The van der Waals surface area contributed by atoms with Gasteiger partial charge in [0, 0.05) is 13.0 Å². The van der Waals surface area contributed by atoms with Gasteiger partial charge in [0.25, 0.3) is 11.8 Å². The number of hydrogen-bond acceptors (Lipinski definition) is 4. The van der Waals surface area contributed by atoms with Gasteiger partial charge in [0.1, 0.15) is 5.75 Å². The van der Waals surface area contributed by atoms with Gasteiger partial charge in [0.15, 0.2) is 0 Å². The Morgan fingerprint density at radius 3 is 2.00 bits per heavy atom. The van der Waals surface area contributed by atoms with Gasteiger partial charge in [-0.1, -0.05) is 51.5 Å². The molecule has 29 heavy (non-hydrogen) atoms. The molecule has 0 aliphatic carbocycles. The zero-order chi connectivity index (χ0) is 21.0. The molecule has 1 aliphatic heterocycles. The van der Waals surface area contributed by atoms with Crippen molar-refractivity contribution in [3.05, 3.63) is 65.2 Å². The van der Waals surface area contributed by atoms with Gasteiger partial charge in [-0.3, -0.25) is 19.3 Å². The van der Waals surface area contributed by atoms with Crippen LogP contribution in [0.4, 0.5) is 0 Å². The van der Waals surface area contributed by atoms with Crippen molar-refractivity contribution >= 4 is 17.8 Å². The molecule has 0 aromatic heterocycles. The van der Waals surface area contributed by atoms with Crippen LogP contribution in [0, 0.1) is 0 Å². The summed E-state index contributed by atoms with van der Waals surface area (Å²) in [6.45, 7) is 6.78. The zero-order valence-electron chi connectivity index (χ0n) is 17.2. The highest BCUT2D eigenvalue weighted by Crippen LogP contribution is 2.25. The molecule has 0 saturated carbocycles. The quantitative estimate of drug-likeness (QED) is 0.295. The number of amides is 2. The Balaban J connectivity index is 1.38. The Labute approximate surface area is 171 Å². The van der Waals surface area contributed by atoms with Crippen LogP contribution >= 0.6 is 0 Å². The fourth-order valence-corrected chi connectivity index (χ4v) is 3.36. The van der Waals surface area contributed by atoms with Crippen LogP contribution in [0.1, 0.15) is 72.7 Å². The fourth-order valence-electron chi connectivity index (χ4n) is 3.36. The fraction of sp³-hybridized carbons (Fsp3) is 0.375. The monoisotopic (exact) mass is 393 g/mol. The van der Waals surface area contributed by atoms with Crippen LogP contribution in [0.2, 0.25) is 0 Å². The zero-order valence-corrected chi connectivity index (χ0v) is 17.2. The van der Waals surface area contributed by atoms with Gasteiger partial charge in [-0.05, 0) is 48.1 Å². The minimum Gasteiger partial charge on any atom is -0.427 e. The van der Waals surface area contributed by atoms with E-state index in [-0.39, 0.29) is 23.2 Å². The van der Waals surface area contributed by atoms with E-state index in [4.69, 9.17) is 4.74 Å². The van der Waals surface area contributed by atoms with Crippen molar-refractivity contribution < 1.29 is 19.1 Å². The lowest BCUT2D eigenvalue weighted by atomic mass is 9.87. The molecule has 0 saturated heterocycles. The Morgan fingerprint density at radius 1 is 0.862 bits per heavy atom. The summed E-state index contributed by atoms with van der Waals surface area (Å²) in [4.78, 5) is 37.9. The average molecular weight is 393 g/mol. The minimum absolute atomic E-state index is 0.0576. The van der Waals surface area contributed by atoms with E-state index in [2.05, 4.69) is 20.8 Å². The Hall–Kier alpha value is -2.95. The maximum absolute atomic E-state index is 12.3. The molecule has 2 aromatic rings. The molecule has 2 amide bonds. The van der Waals surface area contributed by atoms with Gasteiger partial charge < -0.3 is 4.74 Å². The van der Waals surface area contributed by atoms with E-state index < -0.39 is 0 Å². The highest BCUT2D eigenvalue weighted by molar-refractivity contribution is 6.21. The highest BCUT2D eigenvalue weighted by atomic mass is 16.5. The second kappa shape index (κ2) is 8.60. The smallest absolute Gasteiger partial charge is 0.311 e. The molecule has 2 aromatic carbocycles. The molecule has 1 aliphatic rings. The first kappa shape index (κ1) is 20.8. The summed E-state index contributed by atoms with van der Waals surface area (Å²) < 4.78 is 5.38. The van der Waals surface area contributed by atoms with Crippen molar-refractivity contribution in [3.8, 4) is 5.75 Å². The summed E-state index contributed by atoms with van der Waals surface area (Å²) in [7, 11) is 0. The van der Waals surface area contributed by atoms with Crippen molar-refractivity contribution in [1.29, 1.82) is 0 Å². The summed E-state index contributed by atoms with van der Waals surface area (Å²) in [6.07, 6.45) is 2.37. The first-order valence-corrected chi connectivity index (χ1v) is 10.0. The number of esters is 1. The Bertz CT molecular complexity index is 874. The molecule has 5 nitrogen and oxygen atoms in total. The van der Waals surface area contributed by atoms with Crippen LogP contribution in [0.25, 0.3) is 0 Å². The summed E-state index contributed by atoms with van der Waals surface area (Å²) in [5.74, 6) is -0.185. The van der Waals surface area contributed by atoms with E-state index in [1.165, 1.54) is 10.5 Å². The summed E-state index contributed by atoms with van der Waals surface area (Å²) in [5, 5.41) is 0. The van der Waals surface area contributed by atoms with E-state index in [9.17, 15) is 14.4 Å². The van der Waals surface area contributed by atoms with Crippen LogP contribution in [0.15, 0.2) is 48.5 Å². The normalized spacial score (nSPS) is 13.6. The molecule has 3 rings (SSSR count). The van der Waals surface area contributed by atoms with Gasteiger partial charge >= 0.3 is 5.97 Å². The highest BCUT2D eigenvalue weighted by Gasteiger charge is 2.34. The number of imide groups is 1. The van der Waals surface area contributed by atoms with Crippen LogP contribution in [0.3, 0.4) is 0 Å².